The van der Waals surface area contributed by atoms with Gasteiger partial charge in [0, 0.05) is 11.7 Å². The smallest absolute Gasteiger partial charge is 0.348 e. The van der Waals surface area contributed by atoms with Gasteiger partial charge in [0.1, 0.15) is 5.69 Å². The second-order valence-electron chi connectivity index (χ2n) is 6.91. The Morgan fingerprint density at radius 1 is 1.30 bits per heavy atom. The predicted octanol–water partition coefficient (Wildman–Crippen LogP) is 4.39. The number of rotatable bonds is 3. The molecule has 27 heavy (non-hydrogen) atoms. The summed E-state index contributed by atoms with van der Waals surface area (Å²) < 4.78 is 40.5. The van der Waals surface area contributed by atoms with E-state index in [-0.39, 0.29) is 23.6 Å². The molecule has 1 fully saturated rings. The van der Waals surface area contributed by atoms with Gasteiger partial charge >= 0.3 is 6.18 Å². The Labute approximate surface area is 159 Å². The summed E-state index contributed by atoms with van der Waals surface area (Å²) in [6, 6.07) is 4.50. The van der Waals surface area contributed by atoms with E-state index in [1.165, 1.54) is 6.07 Å². The maximum atomic E-state index is 13.0. The highest BCUT2D eigenvalue weighted by atomic mass is 35.5. The van der Waals surface area contributed by atoms with Gasteiger partial charge in [-0.2, -0.15) is 18.3 Å². The van der Waals surface area contributed by atoms with E-state index in [1.54, 1.807) is 10.7 Å². The first kappa shape index (κ1) is 19.7. The van der Waals surface area contributed by atoms with Gasteiger partial charge in [-0.1, -0.05) is 18.0 Å². The molecule has 0 spiro atoms. The average molecular weight is 401 g/mol. The number of carbonyl (C=O) groups excluding carboxylic acids is 1. The van der Waals surface area contributed by atoms with Crippen LogP contribution in [0.1, 0.15) is 47.6 Å². The highest BCUT2D eigenvalue weighted by molar-refractivity contribution is 6.33. The highest BCUT2D eigenvalue weighted by Gasteiger charge is 2.42. The van der Waals surface area contributed by atoms with Crippen LogP contribution in [0, 0.1) is 19.8 Å². The average Bonchev–Trinajstić information content (AvgIpc) is 2.93. The topological polar surface area (TPSA) is 59.8 Å². The minimum Gasteiger partial charge on any atom is -0.348 e. The van der Waals surface area contributed by atoms with Crippen LogP contribution in [0.25, 0.3) is 5.82 Å². The quantitative estimate of drug-likeness (QED) is 0.831. The van der Waals surface area contributed by atoms with Crippen molar-refractivity contribution in [1.29, 1.82) is 0 Å². The molecule has 1 amide bonds. The van der Waals surface area contributed by atoms with Crippen molar-refractivity contribution < 1.29 is 18.0 Å². The number of nitrogens with zero attached hydrogens (tertiary/aromatic N) is 3. The molecule has 1 aliphatic carbocycles. The van der Waals surface area contributed by atoms with Crippen molar-refractivity contribution in [2.24, 2.45) is 5.92 Å². The van der Waals surface area contributed by atoms with E-state index in [2.05, 4.69) is 15.4 Å². The summed E-state index contributed by atoms with van der Waals surface area (Å²) in [7, 11) is 0. The molecule has 5 nitrogen and oxygen atoms in total. The normalized spacial score (nSPS) is 20.5. The lowest BCUT2D eigenvalue weighted by molar-refractivity contribution is -0.183. The number of amides is 1. The third kappa shape index (κ3) is 4.43. The van der Waals surface area contributed by atoms with E-state index < -0.39 is 24.0 Å². The molecular weight excluding hydrogens is 381 g/mol. The monoisotopic (exact) mass is 400 g/mol. The van der Waals surface area contributed by atoms with Crippen molar-refractivity contribution in [2.75, 3.05) is 0 Å². The van der Waals surface area contributed by atoms with E-state index in [9.17, 15) is 18.0 Å². The number of hydrogen-bond donors (Lipinski definition) is 1. The largest absolute Gasteiger partial charge is 0.391 e. The lowest BCUT2D eigenvalue weighted by Crippen LogP contribution is -2.42. The molecule has 146 valence electrons. The Balaban J connectivity index is 1.78. The van der Waals surface area contributed by atoms with Gasteiger partial charge in [0.15, 0.2) is 5.82 Å². The van der Waals surface area contributed by atoms with Crippen molar-refractivity contribution in [3.05, 3.63) is 40.3 Å². The summed E-state index contributed by atoms with van der Waals surface area (Å²) in [5, 5.41) is 7.12. The van der Waals surface area contributed by atoms with Crippen LogP contribution in [0.2, 0.25) is 5.02 Å². The van der Waals surface area contributed by atoms with Gasteiger partial charge in [0.05, 0.1) is 16.6 Å². The number of pyridine rings is 1. The SMILES string of the molecule is Cc1cc(C)n(-c2ccc(Cl)c(C(=O)NC3CCCC(C(F)(F)F)C3)n2)n1. The van der Waals surface area contributed by atoms with Gasteiger partial charge in [-0.05, 0) is 51.3 Å². The van der Waals surface area contributed by atoms with Crippen LogP contribution in [0.5, 0.6) is 0 Å². The number of aromatic nitrogens is 3. The Kier molecular flexibility index (Phi) is 5.46. The van der Waals surface area contributed by atoms with Gasteiger partial charge in [-0.15, -0.1) is 0 Å². The molecule has 9 heteroatoms. The Morgan fingerprint density at radius 3 is 2.67 bits per heavy atom. The Hall–Kier alpha value is -2.09. The van der Waals surface area contributed by atoms with Gasteiger partial charge in [0.25, 0.3) is 5.91 Å². The number of hydrogen-bond acceptors (Lipinski definition) is 3. The van der Waals surface area contributed by atoms with Crippen molar-refractivity contribution in [3.63, 3.8) is 0 Å². The third-order valence-corrected chi connectivity index (χ3v) is 5.05. The van der Waals surface area contributed by atoms with Crippen LogP contribution in [-0.4, -0.2) is 32.9 Å². The van der Waals surface area contributed by atoms with Crippen LogP contribution in [-0.2, 0) is 0 Å². The molecule has 0 aromatic carbocycles. The van der Waals surface area contributed by atoms with E-state index in [4.69, 9.17) is 11.6 Å². The van der Waals surface area contributed by atoms with Crippen molar-refractivity contribution in [1.82, 2.24) is 20.1 Å². The van der Waals surface area contributed by atoms with E-state index in [0.717, 1.165) is 11.4 Å². The minimum atomic E-state index is -4.24. The maximum Gasteiger partial charge on any atom is 0.391 e. The first-order valence-electron chi connectivity index (χ1n) is 8.73. The van der Waals surface area contributed by atoms with Crippen LogP contribution in [0.15, 0.2) is 18.2 Å². The molecule has 0 aliphatic heterocycles. The molecule has 1 aliphatic rings. The summed E-state index contributed by atoms with van der Waals surface area (Å²) in [6.45, 7) is 3.70. The zero-order valence-corrected chi connectivity index (χ0v) is 15.7. The molecule has 2 atom stereocenters. The van der Waals surface area contributed by atoms with Crippen LogP contribution < -0.4 is 5.32 Å². The molecule has 1 saturated carbocycles. The Morgan fingerprint density at radius 2 is 2.04 bits per heavy atom. The number of alkyl halides is 3. The summed E-state index contributed by atoms with van der Waals surface area (Å²) in [5.41, 5.74) is 1.63. The van der Waals surface area contributed by atoms with Crippen LogP contribution in [0.4, 0.5) is 13.2 Å². The lowest BCUT2D eigenvalue weighted by Gasteiger charge is -2.31. The number of nitrogens with one attached hydrogen (secondary N) is 1. The van der Waals surface area contributed by atoms with Gasteiger partial charge in [0.2, 0.25) is 0 Å². The van der Waals surface area contributed by atoms with Crippen LogP contribution in [0.3, 0.4) is 0 Å². The zero-order valence-electron chi connectivity index (χ0n) is 15.0. The molecule has 1 N–H and O–H groups in total. The third-order valence-electron chi connectivity index (χ3n) is 4.75. The molecule has 2 unspecified atom stereocenters. The Bertz CT molecular complexity index is 850. The second-order valence-corrected chi connectivity index (χ2v) is 7.32. The molecule has 2 heterocycles. The number of aryl methyl sites for hydroxylation is 2. The van der Waals surface area contributed by atoms with Gasteiger partial charge in [-0.3, -0.25) is 4.79 Å². The number of halogens is 4. The predicted molar refractivity (Wildman–Crippen MR) is 95.1 cm³/mol. The highest BCUT2D eigenvalue weighted by Crippen LogP contribution is 2.37. The fourth-order valence-corrected chi connectivity index (χ4v) is 3.63. The fraction of sp³-hybridized carbons (Fsp3) is 0.500. The molecule has 2 aromatic rings. The molecule has 3 rings (SSSR count). The van der Waals surface area contributed by atoms with Crippen molar-refractivity contribution in [3.8, 4) is 5.82 Å². The minimum absolute atomic E-state index is 0.0177. The molecule has 2 aromatic heterocycles. The van der Waals surface area contributed by atoms with Crippen molar-refractivity contribution >= 4 is 17.5 Å². The van der Waals surface area contributed by atoms with E-state index in [0.29, 0.717) is 18.7 Å². The lowest BCUT2D eigenvalue weighted by atomic mass is 9.85. The zero-order chi connectivity index (χ0) is 19.8. The standard InChI is InChI=1S/C18H20ClF3N4O/c1-10-8-11(2)26(25-10)15-7-6-14(19)16(24-15)17(27)23-13-5-3-4-12(9-13)18(20,21)22/h6-8,12-13H,3-5,9H2,1-2H3,(H,23,27). The molecule has 0 bridgehead atoms. The van der Waals surface area contributed by atoms with E-state index in [1.807, 2.05) is 19.9 Å². The first-order chi connectivity index (χ1) is 12.6. The summed E-state index contributed by atoms with van der Waals surface area (Å²) in [4.78, 5) is 16.9. The molecular formula is C18H20ClF3N4O. The second kappa shape index (κ2) is 7.50. The van der Waals surface area contributed by atoms with E-state index >= 15 is 0 Å². The summed E-state index contributed by atoms with van der Waals surface area (Å²) in [5.74, 6) is -1.54. The van der Waals surface area contributed by atoms with Gasteiger partial charge in [-0.25, -0.2) is 9.67 Å². The summed E-state index contributed by atoms with van der Waals surface area (Å²) in [6.07, 6.45) is -3.34. The maximum absolute atomic E-state index is 13.0. The molecule has 0 saturated heterocycles. The first-order valence-corrected chi connectivity index (χ1v) is 9.10. The fourth-order valence-electron chi connectivity index (χ4n) is 3.44. The van der Waals surface area contributed by atoms with Gasteiger partial charge < -0.3 is 5.32 Å². The number of carbonyl (C=O) groups is 1. The molecule has 0 radical (unpaired) electrons. The van der Waals surface area contributed by atoms with Crippen LogP contribution >= 0.6 is 11.6 Å². The van der Waals surface area contributed by atoms with Crippen molar-refractivity contribution in [2.45, 2.75) is 51.7 Å². The summed E-state index contributed by atoms with van der Waals surface area (Å²) >= 11 is 6.11.